The van der Waals surface area contributed by atoms with E-state index >= 15 is 0 Å². The van der Waals surface area contributed by atoms with E-state index in [1.54, 1.807) is 62.6 Å². The van der Waals surface area contributed by atoms with E-state index in [0.717, 1.165) is 94.4 Å². The van der Waals surface area contributed by atoms with Gasteiger partial charge in [-0.15, -0.1) is 45.3 Å². The van der Waals surface area contributed by atoms with Crippen LogP contribution in [-0.4, -0.2) is 98.3 Å². The van der Waals surface area contributed by atoms with Gasteiger partial charge in [-0.25, -0.2) is 14.8 Å². The molecule has 14 nitrogen and oxygen atoms in total. The number of nitrogens with zero attached hydrogens (tertiary/aromatic N) is 5. The minimum absolute atomic E-state index is 0.00924. The first kappa shape index (κ1) is 51.6. The van der Waals surface area contributed by atoms with Gasteiger partial charge in [0.05, 0.1) is 27.0 Å². The number of benzene rings is 2. The van der Waals surface area contributed by atoms with E-state index in [1.807, 2.05) is 84.0 Å². The van der Waals surface area contributed by atoms with Gasteiger partial charge >= 0.3 is 6.09 Å². The number of carbonyl (C=O) groups is 5. The molecule has 5 amide bonds. The number of anilines is 2. The number of aromatic nitrogens is 2. The monoisotopic (exact) mass is 1010 g/mol. The number of carbonyl (C=O) groups excluding carboxylic acids is 5. The highest BCUT2D eigenvalue weighted by molar-refractivity contribution is 7.23. The predicted octanol–water partition coefficient (Wildman–Crippen LogP) is 10.9. The number of para-hydroxylation sites is 2. The van der Waals surface area contributed by atoms with Crippen molar-refractivity contribution in [2.24, 2.45) is 0 Å². The van der Waals surface area contributed by atoms with Gasteiger partial charge in [0.25, 0.3) is 0 Å². The van der Waals surface area contributed by atoms with Gasteiger partial charge in [-0.1, -0.05) is 38.1 Å². The number of rotatable bonds is 14. The molecule has 0 fully saturated rings. The first-order valence-electron chi connectivity index (χ1n) is 23.8. The maximum atomic E-state index is 13.1. The maximum Gasteiger partial charge on any atom is 0.410 e. The molecule has 3 N–H and O–H groups in total. The highest BCUT2D eigenvalue weighted by Gasteiger charge is 2.32. The second-order valence-electron chi connectivity index (χ2n) is 18.5. The molecule has 6 aromatic rings. The van der Waals surface area contributed by atoms with Crippen molar-refractivity contribution in [3.8, 4) is 21.1 Å². The van der Waals surface area contributed by atoms with Crippen LogP contribution in [0, 0.1) is 0 Å². The van der Waals surface area contributed by atoms with Gasteiger partial charge in [-0.3, -0.25) is 19.2 Å². The lowest BCUT2D eigenvalue weighted by molar-refractivity contribution is -0.132. The number of amides is 5. The molecule has 2 aromatic carbocycles. The topological polar surface area (TPSA) is 166 Å². The van der Waals surface area contributed by atoms with Crippen LogP contribution in [0.4, 0.5) is 14.8 Å². The Morgan fingerprint density at radius 1 is 0.725 bits per heavy atom. The highest BCUT2D eigenvalue weighted by Crippen LogP contribution is 2.47. The Morgan fingerprint density at radius 2 is 1.20 bits per heavy atom. The molecule has 0 bridgehead atoms. The van der Waals surface area contributed by atoms with Crippen molar-refractivity contribution in [2.75, 3.05) is 36.8 Å². The molecule has 368 valence electrons. The Bertz CT molecular complexity index is 2760. The molecule has 18 heteroatoms. The average Bonchev–Trinajstić information content (AvgIpc) is 4.10. The summed E-state index contributed by atoms with van der Waals surface area (Å²) in [5, 5.41) is 13.1. The van der Waals surface area contributed by atoms with E-state index < -0.39 is 5.60 Å². The smallest absolute Gasteiger partial charge is 0.410 e. The molecule has 2 aliphatic rings. The second-order valence-corrected chi connectivity index (χ2v) is 22.8. The van der Waals surface area contributed by atoms with Gasteiger partial charge in [0.2, 0.25) is 23.6 Å². The fourth-order valence-electron chi connectivity index (χ4n) is 8.45. The van der Waals surface area contributed by atoms with Gasteiger partial charge in [-0.05, 0) is 102 Å². The fourth-order valence-corrected chi connectivity index (χ4v) is 13.2. The molecule has 6 heterocycles. The van der Waals surface area contributed by atoms with E-state index in [4.69, 9.17) is 14.7 Å². The van der Waals surface area contributed by atoms with Crippen LogP contribution in [0.1, 0.15) is 109 Å². The van der Waals surface area contributed by atoms with Crippen LogP contribution < -0.4 is 16.0 Å². The van der Waals surface area contributed by atoms with Crippen LogP contribution >= 0.6 is 45.3 Å². The zero-order valence-electron chi connectivity index (χ0n) is 41.1. The Labute approximate surface area is 420 Å². The lowest BCUT2D eigenvalue weighted by atomic mass is 10.0. The molecule has 2 unspecified atom stereocenters. The summed E-state index contributed by atoms with van der Waals surface area (Å²) in [5.41, 5.74) is 5.76. The Hall–Kier alpha value is -5.27. The zero-order chi connectivity index (χ0) is 49.6. The van der Waals surface area contributed by atoms with Gasteiger partial charge in [0.1, 0.15) is 25.6 Å². The first-order valence-corrected chi connectivity index (χ1v) is 27.0. The summed E-state index contributed by atoms with van der Waals surface area (Å²) in [6.07, 6.45) is 3.43. The lowest BCUT2D eigenvalue weighted by Gasteiger charge is -2.30. The van der Waals surface area contributed by atoms with Gasteiger partial charge in [0, 0.05) is 85.8 Å². The molecule has 0 radical (unpaired) electrons. The van der Waals surface area contributed by atoms with Crippen molar-refractivity contribution in [3.63, 3.8) is 0 Å². The number of nitrogens with one attached hydrogen (secondary N) is 3. The third-order valence-electron chi connectivity index (χ3n) is 12.4. The maximum absolute atomic E-state index is 13.1. The van der Waals surface area contributed by atoms with E-state index in [9.17, 15) is 24.0 Å². The van der Waals surface area contributed by atoms with E-state index in [0.29, 0.717) is 32.6 Å². The number of thiazole rings is 2. The quantitative estimate of drug-likeness (QED) is 0.0962. The van der Waals surface area contributed by atoms with Crippen LogP contribution in [0.15, 0.2) is 48.5 Å². The third kappa shape index (κ3) is 12.6. The predicted molar refractivity (Wildman–Crippen MR) is 282 cm³/mol. The molecule has 0 saturated carbocycles. The summed E-state index contributed by atoms with van der Waals surface area (Å²) < 4.78 is 7.83. The molecule has 8 rings (SSSR count). The Balaban J connectivity index is 0.000000208. The summed E-state index contributed by atoms with van der Waals surface area (Å²) in [6, 6.07) is 16.3. The first-order chi connectivity index (χ1) is 32.9. The number of ether oxygens (including phenoxy) is 1. The van der Waals surface area contributed by atoms with Gasteiger partial charge in [0.15, 0.2) is 0 Å². The summed E-state index contributed by atoms with van der Waals surface area (Å²) in [6.45, 7) is 20.3. The summed E-state index contributed by atoms with van der Waals surface area (Å²) in [4.78, 5) is 80.0. The number of hydrogen-bond acceptors (Lipinski definition) is 13. The molecule has 4 aromatic heterocycles. The Morgan fingerprint density at radius 3 is 1.67 bits per heavy atom. The van der Waals surface area contributed by atoms with Crippen LogP contribution in [-0.2, 0) is 49.8 Å². The van der Waals surface area contributed by atoms with Crippen LogP contribution in [0.25, 0.3) is 41.6 Å². The van der Waals surface area contributed by atoms with Gasteiger partial charge in [-0.2, -0.15) is 0 Å². The highest BCUT2D eigenvalue weighted by atomic mass is 32.1. The standard InChI is InChI=1S/C28H36N4O4S2.C23H28N4O2S2/c1-7-17(2)32(18(3)33)15-13-23(34)30-26-24(25-29-20-10-8-9-11-21(20)37-25)19-12-14-31(16-22(19)38-26)27(35)36-28(4,5)6;1-4-14(2)27(15(3)28)12-10-20(29)26-23-21(16-9-11-24-13-19(16)31-23)22-25-17-7-5-6-8-18(17)30-22/h8-11,17H,7,12-16H2,1-6H3,(H,30,34);5-8,14,24H,4,9-13H2,1-3H3,(H,26,29). The minimum Gasteiger partial charge on any atom is -0.444 e. The molecule has 0 spiro atoms. The van der Waals surface area contributed by atoms with Crippen LogP contribution in [0.2, 0.25) is 0 Å². The summed E-state index contributed by atoms with van der Waals surface area (Å²) in [5.74, 6) is -0.237. The van der Waals surface area contributed by atoms with Crippen molar-refractivity contribution in [1.82, 2.24) is 30.0 Å². The van der Waals surface area contributed by atoms with Crippen molar-refractivity contribution in [1.29, 1.82) is 0 Å². The minimum atomic E-state index is -0.568. The molecule has 69 heavy (non-hydrogen) atoms. The molecule has 2 aliphatic heterocycles. The molecule has 0 aliphatic carbocycles. The zero-order valence-corrected chi connectivity index (χ0v) is 44.3. The van der Waals surface area contributed by atoms with E-state index in [-0.39, 0.29) is 54.6 Å². The molecule has 2 atom stereocenters. The lowest BCUT2D eigenvalue weighted by Crippen LogP contribution is -2.39. The van der Waals surface area contributed by atoms with Crippen LogP contribution in [0.5, 0.6) is 0 Å². The Kier molecular flexibility index (Phi) is 16.9. The van der Waals surface area contributed by atoms with E-state index in [2.05, 4.69) is 28.9 Å². The van der Waals surface area contributed by atoms with Crippen molar-refractivity contribution in [2.45, 2.75) is 132 Å². The summed E-state index contributed by atoms with van der Waals surface area (Å²) >= 11 is 6.40. The normalized spacial score (nSPS) is 14.2. The molecular formula is C51H64N8O6S4. The average molecular weight is 1010 g/mol. The summed E-state index contributed by atoms with van der Waals surface area (Å²) in [7, 11) is 0. The fraction of sp³-hybridized carbons (Fsp3) is 0.471. The molecular weight excluding hydrogens is 949 g/mol. The number of fused-ring (bicyclic) bond motifs is 4. The second kappa shape index (κ2) is 22.7. The third-order valence-corrected chi connectivity index (χ3v) is 16.8. The number of thiophene rings is 2. The number of hydrogen-bond donors (Lipinski definition) is 3. The largest absolute Gasteiger partial charge is 0.444 e. The van der Waals surface area contributed by atoms with E-state index in [1.165, 1.54) is 21.8 Å². The SMILES string of the molecule is CCC(C)N(CCC(=O)Nc1sc2c(c1-c1nc3ccccc3s1)CCN(C(=O)OC(C)(C)C)C2)C(C)=O.CCC(C)N(CCC(=O)Nc1sc2c(c1-c1nc3ccccc3s1)CCNC2)C(C)=O. The van der Waals surface area contributed by atoms with Crippen molar-refractivity contribution < 1.29 is 28.7 Å². The molecule has 0 saturated heterocycles. The van der Waals surface area contributed by atoms with Gasteiger partial charge < -0.3 is 35.4 Å². The van der Waals surface area contributed by atoms with Crippen molar-refractivity contribution in [3.05, 3.63) is 69.4 Å². The van der Waals surface area contributed by atoms with Crippen molar-refractivity contribution >= 4 is 106 Å². The van der Waals surface area contributed by atoms with Crippen LogP contribution in [0.3, 0.4) is 0 Å².